The van der Waals surface area contributed by atoms with Gasteiger partial charge in [0.05, 0.1) is 13.1 Å². The first-order valence-corrected chi connectivity index (χ1v) is 6.98. The standard InChI is InChI=1S/C9H15N3O4S/c13-8-6-12(7-9(14)10-8)17(15,16)11-4-2-1-3-5-11/h1-7H2,(H,10,13,14). The summed E-state index contributed by atoms with van der Waals surface area (Å²) >= 11 is 0. The number of hydrogen-bond acceptors (Lipinski definition) is 4. The lowest BCUT2D eigenvalue weighted by Gasteiger charge is -2.32. The Morgan fingerprint density at radius 1 is 0.882 bits per heavy atom. The summed E-state index contributed by atoms with van der Waals surface area (Å²) < 4.78 is 26.6. The molecule has 17 heavy (non-hydrogen) atoms. The van der Waals surface area contributed by atoms with Crippen LogP contribution >= 0.6 is 0 Å². The maximum absolute atomic E-state index is 12.2. The van der Waals surface area contributed by atoms with Crippen molar-refractivity contribution in [1.29, 1.82) is 0 Å². The summed E-state index contributed by atoms with van der Waals surface area (Å²) in [5.74, 6) is -1.14. The van der Waals surface area contributed by atoms with Gasteiger partial charge in [-0.1, -0.05) is 6.42 Å². The average Bonchev–Trinajstić information content (AvgIpc) is 2.29. The summed E-state index contributed by atoms with van der Waals surface area (Å²) in [5, 5.41) is 2.08. The lowest BCUT2D eigenvalue weighted by Crippen LogP contribution is -2.57. The van der Waals surface area contributed by atoms with Crippen molar-refractivity contribution < 1.29 is 18.0 Å². The molecule has 0 atom stereocenters. The summed E-state index contributed by atoms with van der Waals surface area (Å²) in [6.45, 7) is 0.387. The van der Waals surface area contributed by atoms with Gasteiger partial charge in [-0.3, -0.25) is 14.9 Å². The summed E-state index contributed by atoms with van der Waals surface area (Å²) in [5.41, 5.74) is 0. The first kappa shape index (κ1) is 12.5. The Kier molecular flexibility index (Phi) is 3.45. The van der Waals surface area contributed by atoms with Gasteiger partial charge in [0, 0.05) is 13.1 Å². The van der Waals surface area contributed by atoms with Gasteiger partial charge in [-0.05, 0) is 12.8 Å². The lowest BCUT2D eigenvalue weighted by atomic mass is 10.2. The molecule has 0 radical (unpaired) electrons. The monoisotopic (exact) mass is 261 g/mol. The molecule has 0 spiro atoms. The summed E-state index contributed by atoms with van der Waals surface area (Å²) in [6, 6.07) is 0. The average molecular weight is 261 g/mol. The zero-order valence-corrected chi connectivity index (χ0v) is 10.2. The molecule has 2 saturated heterocycles. The minimum Gasteiger partial charge on any atom is -0.294 e. The van der Waals surface area contributed by atoms with Crippen LogP contribution in [0.15, 0.2) is 0 Å². The molecule has 0 aromatic rings. The molecule has 0 unspecified atom stereocenters. The molecule has 0 aromatic heterocycles. The van der Waals surface area contributed by atoms with Gasteiger partial charge in [-0.2, -0.15) is 17.0 Å². The van der Waals surface area contributed by atoms with E-state index in [1.807, 2.05) is 0 Å². The Morgan fingerprint density at radius 2 is 1.41 bits per heavy atom. The maximum atomic E-state index is 12.2. The second-order valence-corrected chi connectivity index (χ2v) is 6.14. The summed E-state index contributed by atoms with van der Waals surface area (Å²) in [7, 11) is -3.67. The van der Waals surface area contributed by atoms with Gasteiger partial charge in [0.2, 0.25) is 11.8 Å². The van der Waals surface area contributed by atoms with Crippen LogP contribution in [0.5, 0.6) is 0 Å². The van der Waals surface area contributed by atoms with E-state index in [0.717, 1.165) is 23.6 Å². The van der Waals surface area contributed by atoms with Crippen molar-refractivity contribution in [1.82, 2.24) is 13.9 Å². The molecule has 1 N–H and O–H groups in total. The number of nitrogens with one attached hydrogen (secondary N) is 1. The number of amides is 2. The Labute approximate surface area is 99.9 Å². The smallest absolute Gasteiger partial charge is 0.282 e. The van der Waals surface area contributed by atoms with E-state index in [2.05, 4.69) is 5.32 Å². The van der Waals surface area contributed by atoms with Gasteiger partial charge in [0.1, 0.15) is 0 Å². The quantitative estimate of drug-likeness (QED) is 0.624. The van der Waals surface area contributed by atoms with E-state index < -0.39 is 22.0 Å². The largest absolute Gasteiger partial charge is 0.294 e. The number of carbonyl (C=O) groups excluding carboxylic acids is 2. The van der Waals surface area contributed by atoms with Crippen LogP contribution in [0.4, 0.5) is 0 Å². The highest BCUT2D eigenvalue weighted by molar-refractivity contribution is 7.86. The van der Waals surface area contributed by atoms with E-state index in [-0.39, 0.29) is 13.1 Å². The molecule has 0 bridgehead atoms. The van der Waals surface area contributed by atoms with Crippen LogP contribution in [-0.2, 0) is 19.8 Å². The Bertz CT molecular complexity index is 412. The molecule has 2 fully saturated rings. The molecular formula is C9H15N3O4S. The second kappa shape index (κ2) is 4.71. The fourth-order valence-corrected chi connectivity index (χ4v) is 3.64. The lowest BCUT2D eigenvalue weighted by molar-refractivity contribution is -0.134. The van der Waals surface area contributed by atoms with Crippen molar-refractivity contribution in [2.75, 3.05) is 26.2 Å². The Morgan fingerprint density at radius 3 is 1.94 bits per heavy atom. The maximum Gasteiger partial charge on any atom is 0.282 e. The highest BCUT2D eigenvalue weighted by Crippen LogP contribution is 2.16. The first-order valence-electron chi connectivity index (χ1n) is 5.58. The third-order valence-electron chi connectivity index (χ3n) is 2.89. The number of rotatable bonds is 2. The highest BCUT2D eigenvalue weighted by Gasteiger charge is 2.36. The van der Waals surface area contributed by atoms with E-state index in [9.17, 15) is 18.0 Å². The summed E-state index contributed by atoms with van der Waals surface area (Å²) in [4.78, 5) is 22.3. The molecule has 2 heterocycles. The van der Waals surface area contributed by atoms with Crippen molar-refractivity contribution in [2.45, 2.75) is 19.3 Å². The molecule has 8 heteroatoms. The van der Waals surface area contributed by atoms with Crippen LogP contribution in [0.2, 0.25) is 0 Å². The van der Waals surface area contributed by atoms with Crippen molar-refractivity contribution in [3.05, 3.63) is 0 Å². The van der Waals surface area contributed by atoms with Crippen molar-refractivity contribution in [3.63, 3.8) is 0 Å². The van der Waals surface area contributed by atoms with E-state index in [1.54, 1.807) is 0 Å². The highest BCUT2D eigenvalue weighted by atomic mass is 32.2. The fourth-order valence-electron chi connectivity index (χ4n) is 2.03. The molecule has 0 aromatic carbocycles. The van der Waals surface area contributed by atoms with E-state index in [4.69, 9.17) is 0 Å². The predicted molar refractivity (Wildman–Crippen MR) is 59.1 cm³/mol. The zero-order chi connectivity index (χ0) is 12.5. The Balaban J connectivity index is 2.13. The molecule has 2 amide bonds. The minimum atomic E-state index is -3.67. The molecule has 96 valence electrons. The van der Waals surface area contributed by atoms with Crippen LogP contribution in [0.25, 0.3) is 0 Å². The number of piperidine rings is 1. The third kappa shape index (κ3) is 2.64. The second-order valence-electron chi connectivity index (χ2n) is 4.21. The first-order chi connectivity index (χ1) is 8.00. The number of hydrogen-bond donors (Lipinski definition) is 1. The van der Waals surface area contributed by atoms with E-state index in [0.29, 0.717) is 13.1 Å². The van der Waals surface area contributed by atoms with Crippen molar-refractivity contribution in [2.24, 2.45) is 0 Å². The third-order valence-corrected chi connectivity index (χ3v) is 4.81. The van der Waals surface area contributed by atoms with Crippen LogP contribution in [-0.4, -0.2) is 55.0 Å². The molecular weight excluding hydrogens is 246 g/mol. The van der Waals surface area contributed by atoms with Crippen LogP contribution < -0.4 is 5.32 Å². The molecule has 7 nitrogen and oxygen atoms in total. The van der Waals surface area contributed by atoms with Crippen LogP contribution in [0.1, 0.15) is 19.3 Å². The van der Waals surface area contributed by atoms with E-state index >= 15 is 0 Å². The van der Waals surface area contributed by atoms with E-state index in [1.165, 1.54) is 4.31 Å². The number of imide groups is 1. The molecule has 0 aliphatic carbocycles. The van der Waals surface area contributed by atoms with Crippen molar-refractivity contribution >= 4 is 22.0 Å². The topological polar surface area (TPSA) is 86.8 Å². The van der Waals surface area contributed by atoms with Gasteiger partial charge in [0.25, 0.3) is 10.2 Å². The summed E-state index contributed by atoms with van der Waals surface area (Å²) in [6.07, 6.45) is 2.67. The molecule has 2 rings (SSSR count). The van der Waals surface area contributed by atoms with Gasteiger partial charge >= 0.3 is 0 Å². The fraction of sp³-hybridized carbons (Fsp3) is 0.778. The number of carbonyl (C=O) groups is 2. The number of piperazine rings is 1. The normalized spacial score (nSPS) is 24.7. The van der Waals surface area contributed by atoms with Gasteiger partial charge in [-0.15, -0.1) is 0 Å². The molecule has 2 aliphatic heterocycles. The predicted octanol–water partition coefficient (Wildman–Crippen LogP) is -1.32. The molecule has 2 aliphatic rings. The number of nitrogens with zero attached hydrogens (tertiary/aromatic N) is 2. The molecule has 0 saturated carbocycles. The van der Waals surface area contributed by atoms with Gasteiger partial charge < -0.3 is 0 Å². The van der Waals surface area contributed by atoms with Gasteiger partial charge in [0.15, 0.2) is 0 Å². The Hall–Kier alpha value is -0.990. The minimum absolute atomic E-state index is 0.273. The SMILES string of the molecule is O=C1CN(S(=O)(=O)N2CCCCC2)CC(=O)N1. The zero-order valence-electron chi connectivity index (χ0n) is 9.39. The van der Waals surface area contributed by atoms with Crippen molar-refractivity contribution in [3.8, 4) is 0 Å². The van der Waals surface area contributed by atoms with Crippen LogP contribution in [0, 0.1) is 0 Å². The van der Waals surface area contributed by atoms with Crippen LogP contribution in [0.3, 0.4) is 0 Å². The van der Waals surface area contributed by atoms with Gasteiger partial charge in [-0.25, -0.2) is 0 Å².